The number of primary amides is 1. The second-order valence-electron chi connectivity index (χ2n) is 9.58. The highest BCUT2D eigenvalue weighted by molar-refractivity contribution is 6.02. The van der Waals surface area contributed by atoms with Gasteiger partial charge in [-0.25, -0.2) is 14.2 Å². The monoisotopic (exact) mass is 426 g/mol. The highest BCUT2D eigenvalue weighted by Crippen LogP contribution is 2.54. The van der Waals surface area contributed by atoms with E-state index in [1.807, 2.05) is 0 Å². The van der Waals surface area contributed by atoms with Crippen molar-refractivity contribution in [3.05, 3.63) is 53.5 Å². The molecule has 1 saturated carbocycles. The normalized spacial score (nSPS) is 26.8. The molecule has 0 saturated heterocycles. The summed E-state index contributed by atoms with van der Waals surface area (Å²) in [5, 5.41) is 13.1. The molecule has 1 fully saturated rings. The summed E-state index contributed by atoms with van der Waals surface area (Å²) in [6.07, 6.45) is 2.68. The zero-order chi connectivity index (χ0) is 22.6. The Morgan fingerprint density at radius 2 is 1.90 bits per heavy atom. The highest BCUT2D eigenvalue weighted by Gasteiger charge is 2.56. The van der Waals surface area contributed by atoms with E-state index in [-0.39, 0.29) is 22.7 Å². The molecule has 0 bridgehead atoms. The van der Waals surface area contributed by atoms with Crippen molar-refractivity contribution in [2.24, 2.45) is 17.1 Å². The van der Waals surface area contributed by atoms with Crippen LogP contribution in [-0.2, 0) is 4.79 Å². The fourth-order valence-corrected chi connectivity index (χ4v) is 5.66. The van der Waals surface area contributed by atoms with E-state index < -0.39 is 23.6 Å². The molecule has 31 heavy (non-hydrogen) atoms. The van der Waals surface area contributed by atoms with Gasteiger partial charge >= 0.3 is 5.97 Å². The van der Waals surface area contributed by atoms with E-state index in [9.17, 15) is 19.1 Å². The number of amides is 1. The molecule has 3 atom stereocenters. The van der Waals surface area contributed by atoms with Crippen LogP contribution in [0.1, 0.15) is 62.1 Å². The minimum atomic E-state index is -1.13. The summed E-state index contributed by atoms with van der Waals surface area (Å²) in [4.78, 5) is 31.4. The lowest BCUT2D eigenvalue weighted by Gasteiger charge is -2.52. The smallest absolute Gasteiger partial charge is 0.338 e. The number of halogens is 1. The number of anilines is 2. The Hall–Kier alpha value is -3.16. The maximum Gasteiger partial charge on any atom is 0.338 e. The highest BCUT2D eigenvalue weighted by atomic mass is 19.1. The van der Waals surface area contributed by atoms with Crippen LogP contribution in [0.15, 0.2) is 36.5 Å². The van der Waals surface area contributed by atoms with Crippen LogP contribution in [0.5, 0.6) is 0 Å². The molecule has 1 aromatic carbocycles. The lowest BCUT2D eigenvalue weighted by molar-refractivity contribution is -0.127. The molecule has 1 amide bonds. The number of aromatic nitrogens is 1. The molecule has 8 heteroatoms. The van der Waals surface area contributed by atoms with Gasteiger partial charge in [-0.1, -0.05) is 32.9 Å². The van der Waals surface area contributed by atoms with Crippen molar-refractivity contribution < 1.29 is 19.1 Å². The fourth-order valence-electron chi connectivity index (χ4n) is 5.66. The van der Waals surface area contributed by atoms with Gasteiger partial charge in [0.1, 0.15) is 17.5 Å². The van der Waals surface area contributed by atoms with Crippen molar-refractivity contribution in [3.63, 3.8) is 0 Å². The lowest BCUT2D eigenvalue weighted by atomic mass is 9.63. The quantitative estimate of drug-likeness (QED) is 0.684. The van der Waals surface area contributed by atoms with E-state index >= 15 is 0 Å². The largest absolute Gasteiger partial charge is 0.478 e. The third-order valence-electron chi connectivity index (χ3n) is 6.39. The minimum absolute atomic E-state index is 0.0405. The molecule has 164 valence electrons. The van der Waals surface area contributed by atoms with E-state index in [4.69, 9.17) is 5.73 Å². The predicted octanol–water partition coefficient (Wildman–Crippen LogP) is 3.92. The van der Waals surface area contributed by atoms with Gasteiger partial charge in [0.15, 0.2) is 5.82 Å². The van der Waals surface area contributed by atoms with Gasteiger partial charge < -0.3 is 21.1 Å². The fraction of sp³-hybridized carbons (Fsp3) is 0.435. The molecule has 7 nitrogen and oxygen atoms in total. The van der Waals surface area contributed by atoms with Crippen molar-refractivity contribution in [3.8, 4) is 0 Å². The summed E-state index contributed by atoms with van der Waals surface area (Å²) >= 11 is 0. The molecule has 0 spiro atoms. The van der Waals surface area contributed by atoms with Gasteiger partial charge in [-0.05, 0) is 54.4 Å². The summed E-state index contributed by atoms with van der Waals surface area (Å²) in [6.45, 7) is 6.27. The standard InChI is InChI=1S/C23H27FN4O3/c1-13-10-22(2,3)12-23(11-13,21(25)31)28-17-16(20(29)30)8-9-26-18(17)27-19(28)14-4-6-15(24)7-5-14/h4-9,13,19H,10-12H2,1-3H3,(H2,25,31)(H,26,27)(H,29,30). The number of hydrogen-bond donors (Lipinski definition) is 3. The number of carbonyl (C=O) groups excluding carboxylic acids is 1. The number of carboxylic acids is 1. The van der Waals surface area contributed by atoms with Crippen LogP contribution in [0.3, 0.4) is 0 Å². The number of fused-ring (bicyclic) bond motifs is 1. The van der Waals surface area contributed by atoms with Gasteiger partial charge in [0, 0.05) is 6.20 Å². The summed E-state index contributed by atoms with van der Waals surface area (Å²) < 4.78 is 13.6. The minimum Gasteiger partial charge on any atom is -0.478 e. The molecule has 3 unspecified atom stereocenters. The first-order valence-corrected chi connectivity index (χ1v) is 10.4. The number of pyridine rings is 1. The van der Waals surface area contributed by atoms with Crippen LogP contribution >= 0.6 is 0 Å². The maximum atomic E-state index is 13.6. The van der Waals surface area contributed by atoms with Crippen molar-refractivity contribution in [1.82, 2.24) is 4.98 Å². The van der Waals surface area contributed by atoms with Crippen LogP contribution < -0.4 is 16.0 Å². The van der Waals surface area contributed by atoms with Crippen LogP contribution in [0.25, 0.3) is 0 Å². The van der Waals surface area contributed by atoms with Gasteiger partial charge in [0.25, 0.3) is 0 Å². The summed E-state index contributed by atoms with van der Waals surface area (Å²) in [5.41, 5.74) is 5.83. The van der Waals surface area contributed by atoms with E-state index in [1.54, 1.807) is 17.0 Å². The van der Waals surface area contributed by atoms with Crippen molar-refractivity contribution in [1.29, 1.82) is 0 Å². The third-order valence-corrected chi connectivity index (χ3v) is 6.39. The van der Waals surface area contributed by atoms with E-state index in [1.165, 1.54) is 24.4 Å². The average Bonchev–Trinajstić information content (AvgIpc) is 3.06. The number of nitrogens with one attached hydrogen (secondary N) is 1. The van der Waals surface area contributed by atoms with Gasteiger partial charge in [0.05, 0.1) is 11.3 Å². The molecule has 1 aliphatic heterocycles. The molecule has 0 radical (unpaired) electrons. The van der Waals surface area contributed by atoms with Crippen molar-refractivity contribution in [2.45, 2.75) is 51.7 Å². The summed E-state index contributed by atoms with van der Waals surface area (Å²) in [6, 6.07) is 7.36. The second-order valence-corrected chi connectivity index (χ2v) is 9.58. The number of benzene rings is 1. The van der Waals surface area contributed by atoms with E-state index in [0.717, 1.165) is 6.42 Å². The molecule has 2 aliphatic rings. The zero-order valence-corrected chi connectivity index (χ0v) is 17.9. The first-order chi connectivity index (χ1) is 14.5. The SMILES string of the molecule is CC1CC(C)(C)CC(C(N)=O)(N2c3c(C(=O)O)ccnc3NC2c2ccc(F)cc2)C1. The number of rotatable bonds is 4. The Kier molecular flexibility index (Phi) is 4.91. The Labute approximate surface area is 180 Å². The molecule has 2 heterocycles. The number of nitrogens with zero attached hydrogens (tertiary/aromatic N) is 2. The van der Waals surface area contributed by atoms with Gasteiger partial charge in [-0.2, -0.15) is 0 Å². The molecule has 2 aromatic rings. The molecule has 4 rings (SSSR count). The Bertz CT molecular complexity index is 1040. The zero-order valence-electron chi connectivity index (χ0n) is 17.9. The molecule has 4 N–H and O–H groups in total. The van der Waals surface area contributed by atoms with Crippen LogP contribution in [0, 0.1) is 17.2 Å². The first kappa shape index (κ1) is 21.1. The van der Waals surface area contributed by atoms with Crippen LogP contribution in [0.2, 0.25) is 0 Å². The van der Waals surface area contributed by atoms with Gasteiger partial charge in [-0.3, -0.25) is 4.79 Å². The molecular weight excluding hydrogens is 399 g/mol. The number of hydrogen-bond acceptors (Lipinski definition) is 5. The number of aromatic carboxylic acids is 1. The van der Waals surface area contributed by atoms with Crippen LogP contribution in [0.4, 0.5) is 15.9 Å². The predicted molar refractivity (Wildman–Crippen MR) is 115 cm³/mol. The summed E-state index contributed by atoms with van der Waals surface area (Å²) in [5.74, 6) is -1.45. The number of carbonyl (C=O) groups is 2. The lowest BCUT2D eigenvalue weighted by Crippen LogP contribution is -2.63. The molecule has 1 aromatic heterocycles. The number of nitrogens with two attached hydrogens (primary N) is 1. The van der Waals surface area contributed by atoms with E-state index in [0.29, 0.717) is 29.9 Å². The van der Waals surface area contributed by atoms with Crippen LogP contribution in [-0.4, -0.2) is 27.5 Å². The molecular formula is C23H27FN4O3. The van der Waals surface area contributed by atoms with Crippen molar-refractivity contribution >= 4 is 23.4 Å². The molecule has 1 aliphatic carbocycles. The average molecular weight is 426 g/mol. The summed E-state index contributed by atoms with van der Waals surface area (Å²) in [7, 11) is 0. The Balaban J connectivity index is 1.97. The number of carboxylic acid groups (broad SMARTS) is 1. The second kappa shape index (κ2) is 7.21. The topological polar surface area (TPSA) is 109 Å². The van der Waals surface area contributed by atoms with Gasteiger partial charge in [0.2, 0.25) is 5.91 Å². The van der Waals surface area contributed by atoms with Crippen molar-refractivity contribution in [2.75, 3.05) is 10.2 Å². The third kappa shape index (κ3) is 3.49. The first-order valence-electron chi connectivity index (χ1n) is 10.4. The Morgan fingerprint density at radius 3 is 2.48 bits per heavy atom. The Morgan fingerprint density at radius 1 is 1.23 bits per heavy atom. The van der Waals surface area contributed by atoms with Gasteiger partial charge in [-0.15, -0.1) is 0 Å². The van der Waals surface area contributed by atoms with E-state index in [2.05, 4.69) is 31.1 Å². The maximum absolute atomic E-state index is 13.6.